The molecular formula is C31H34N4O4S. The van der Waals surface area contributed by atoms with Crippen molar-refractivity contribution < 1.29 is 19.4 Å². The third-order valence-electron chi connectivity index (χ3n) is 7.15. The fraction of sp³-hybridized carbons (Fsp3) is 0.323. The summed E-state index contributed by atoms with van der Waals surface area (Å²) in [5, 5.41) is 21.4. The van der Waals surface area contributed by atoms with Crippen LogP contribution in [0.4, 0.5) is 0 Å². The molecule has 0 bridgehead atoms. The maximum Gasteiger partial charge on any atom is 0.217 e. The number of aromatic nitrogens is 3. The lowest BCUT2D eigenvalue weighted by Crippen LogP contribution is -2.38. The number of ether oxygens (including phenoxy) is 2. The van der Waals surface area contributed by atoms with Crippen molar-refractivity contribution in [2.45, 2.75) is 50.7 Å². The zero-order valence-electron chi connectivity index (χ0n) is 22.9. The van der Waals surface area contributed by atoms with Crippen LogP contribution in [0.15, 0.2) is 84.3 Å². The molecular weight excluding hydrogens is 524 g/mol. The van der Waals surface area contributed by atoms with Gasteiger partial charge in [-0.2, -0.15) is 0 Å². The number of aliphatic hydroxyl groups excluding tert-OH is 1. The summed E-state index contributed by atoms with van der Waals surface area (Å²) in [7, 11) is 1.93. The third-order valence-corrected chi connectivity index (χ3v) is 8.28. The molecule has 8 nitrogen and oxygen atoms in total. The Morgan fingerprint density at radius 3 is 2.42 bits per heavy atom. The van der Waals surface area contributed by atoms with Gasteiger partial charge < -0.3 is 24.5 Å². The molecule has 3 aromatic carbocycles. The van der Waals surface area contributed by atoms with Crippen LogP contribution in [-0.2, 0) is 34.5 Å². The van der Waals surface area contributed by atoms with Crippen molar-refractivity contribution in [1.29, 1.82) is 0 Å². The van der Waals surface area contributed by atoms with Crippen LogP contribution in [0, 0.1) is 5.92 Å². The van der Waals surface area contributed by atoms with Crippen LogP contribution < -0.4 is 5.32 Å². The van der Waals surface area contributed by atoms with E-state index in [0.29, 0.717) is 12.3 Å². The highest BCUT2D eigenvalue weighted by atomic mass is 32.2. The molecule has 2 N–H and O–H groups in total. The van der Waals surface area contributed by atoms with Crippen LogP contribution in [0.2, 0.25) is 0 Å². The van der Waals surface area contributed by atoms with Gasteiger partial charge in [0.05, 0.1) is 18.8 Å². The van der Waals surface area contributed by atoms with Gasteiger partial charge in [0.25, 0.3) is 0 Å². The number of thioether (sulfide) groups is 1. The number of nitrogens with one attached hydrogen (secondary N) is 1. The number of carbonyl (C=O) groups is 1. The van der Waals surface area contributed by atoms with E-state index in [1.54, 1.807) is 18.1 Å². The molecule has 0 radical (unpaired) electrons. The Labute approximate surface area is 238 Å². The van der Waals surface area contributed by atoms with Crippen molar-refractivity contribution in [3.63, 3.8) is 0 Å². The molecule has 1 saturated heterocycles. The average molecular weight is 559 g/mol. The Kier molecular flexibility index (Phi) is 8.96. The van der Waals surface area contributed by atoms with E-state index < -0.39 is 6.29 Å². The molecule has 1 fully saturated rings. The van der Waals surface area contributed by atoms with Gasteiger partial charge in [-0.3, -0.25) is 4.79 Å². The summed E-state index contributed by atoms with van der Waals surface area (Å²) in [6.07, 6.45) is 0.890. The number of rotatable bonds is 9. The molecule has 1 aliphatic rings. The Balaban J connectivity index is 1.37. The number of nitrogens with zero attached hydrogens (tertiary/aromatic N) is 3. The Hall–Kier alpha value is -3.50. The zero-order valence-corrected chi connectivity index (χ0v) is 23.7. The van der Waals surface area contributed by atoms with Gasteiger partial charge in [0.1, 0.15) is 6.33 Å². The summed E-state index contributed by atoms with van der Waals surface area (Å²) in [4.78, 5) is 11.3. The highest BCUT2D eigenvalue weighted by Gasteiger charge is 2.38. The number of aliphatic hydroxyl groups is 1. The molecule has 4 atom stereocenters. The number of aryl methyl sites for hydroxylation is 1. The highest BCUT2D eigenvalue weighted by Crippen LogP contribution is 2.43. The molecule has 1 amide bonds. The summed E-state index contributed by atoms with van der Waals surface area (Å²) < 4.78 is 15.0. The Bertz CT molecular complexity index is 1420. The number of benzene rings is 3. The van der Waals surface area contributed by atoms with Crippen molar-refractivity contribution in [2.24, 2.45) is 13.0 Å². The van der Waals surface area contributed by atoms with Crippen molar-refractivity contribution in [3.8, 4) is 11.1 Å². The monoisotopic (exact) mass is 558 g/mol. The van der Waals surface area contributed by atoms with Gasteiger partial charge in [-0.25, -0.2) is 0 Å². The molecule has 1 aliphatic heterocycles. The molecule has 0 aliphatic carbocycles. The Morgan fingerprint density at radius 2 is 1.75 bits per heavy atom. The van der Waals surface area contributed by atoms with E-state index in [1.165, 1.54) is 6.92 Å². The molecule has 0 saturated carbocycles. The minimum Gasteiger partial charge on any atom is -0.392 e. The van der Waals surface area contributed by atoms with Crippen molar-refractivity contribution in [2.75, 3.05) is 5.75 Å². The molecule has 208 valence electrons. The molecule has 4 aromatic rings. The predicted molar refractivity (Wildman–Crippen MR) is 154 cm³/mol. The van der Waals surface area contributed by atoms with Gasteiger partial charge in [-0.05, 0) is 33.9 Å². The fourth-order valence-corrected chi connectivity index (χ4v) is 5.84. The van der Waals surface area contributed by atoms with Crippen LogP contribution in [0.3, 0.4) is 0 Å². The summed E-state index contributed by atoms with van der Waals surface area (Å²) in [5.41, 5.74) is 6.06. The first-order chi connectivity index (χ1) is 19.4. The van der Waals surface area contributed by atoms with Crippen LogP contribution in [0.1, 0.15) is 48.5 Å². The van der Waals surface area contributed by atoms with Gasteiger partial charge in [0.2, 0.25) is 5.91 Å². The van der Waals surface area contributed by atoms with Crippen molar-refractivity contribution >= 4 is 17.7 Å². The van der Waals surface area contributed by atoms with E-state index in [4.69, 9.17) is 9.47 Å². The third kappa shape index (κ3) is 6.62. The SMILES string of the molecule is CC(=O)NCc1cccc(-c2ccc([C@@H]3O[C@H](CSc4nncn4C)[C@H](C)[C@H](c4ccc(CO)cc4)O3)cc2)c1. The summed E-state index contributed by atoms with van der Waals surface area (Å²) in [6.45, 7) is 4.18. The molecule has 0 unspecified atom stereocenters. The maximum absolute atomic E-state index is 11.3. The van der Waals surface area contributed by atoms with Gasteiger partial charge >= 0.3 is 0 Å². The van der Waals surface area contributed by atoms with E-state index in [9.17, 15) is 9.90 Å². The average Bonchev–Trinajstić information content (AvgIpc) is 3.40. The van der Waals surface area contributed by atoms with Gasteiger partial charge in [-0.1, -0.05) is 85.4 Å². The van der Waals surface area contributed by atoms with E-state index in [-0.39, 0.29) is 30.6 Å². The first-order valence-electron chi connectivity index (χ1n) is 13.3. The second-order valence-corrected chi connectivity index (χ2v) is 11.1. The molecule has 5 rings (SSSR count). The van der Waals surface area contributed by atoms with Gasteiger partial charge in [0.15, 0.2) is 11.4 Å². The first-order valence-corrected chi connectivity index (χ1v) is 14.3. The van der Waals surface area contributed by atoms with Crippen molar-refractivity contribution in [1.82, 2.24) is 20.1 Å². The number of hydrogen-bond donors (Lipinski definition) is 2. The largest absolute Gasteiger partial charge is 0.392 e. The number of carbonyl (C=O) groups excluding carboxylic acids is 1. The molecule has 0 spiro atoms. The smallest absolute Gasteiger partial charge is 0.217 e. The standard InChI is InChI=1S/C31H34N4O4S/c1-20-28(18-40-31-34-33-19-35(31)3)38-30(39-29(20)25-9-7-22(17-36)8-10-25)26-13-11-24(12-14-26)27-6-4-5-23(15-27)16-32-21(2)37/h4-15,19-20,28-30,36H,16-18H2,1-3H3,(H,32,37)/t20-,28+,29+,30+/m0/s1. The summed E-state index contributed by atoms with van der Waals surface area (Å²) >= 11 is 1.62. The summed E-state index contributed by atoms with van der Waals surface area (Å²) in [6, 6.07) is 24.3. The predicted octanol–water partition coefficient (Wildman–Crippen LogP) is 5.19. The van der Waals surface area contributed by atoms with Gasteiger partial charge in [-0.15, -0.1) is 10.2 Å². The maximum atomic E-state index is 11.3. The zero-order chi connectivity index (χ0) is 28.1. The minimum atomic E-state index is -0.538. The molecule has 2 heterocycles. The van der Waals surface area contributed by atoms with Crippen LogP contribution in [0.5, 0.6) is 0 Å². The molecule has 1 aromatic heterocycles. The number of amides is 1. The second-order valence-electron chi connectivity index (χ2n) is 10.1. The Morgan fingerprint density at radius 1 is 1.00 bits per heavy atom. The van der Waals surface area contributed by atoms with E-state index in [2.05, 4.69) is 58.8 Å². The van der Waals surface area contributed by atoms with Gasteiger partial charge in [0, 0.05) is 37.8 Å². The minimum absolute atomic E-state index is 0.00650. The second kappa shape index (κ2) is 12.8. The quantitative estimate of drug-likeness (QED) is 0.273. The number of hydrogen-bond acceptors (Lipinski definition) is 7. The molecule has 40 heavy (non-hydrogen) atoms. The van der Waals surface area contributed by atoms with E-state index >= 15 is 0 Å². The van der Waals surface area contributed by atoms with E-state index in [0.717, 1.165) is 38.5 Å². The first kappa shape index (κ1) is 28.0. The van der Waals surface area contributed by atoms with Crippen molar-refractivity contribution in [3.05, 3.63) is 101 Å². The topological polar surface area (TPSA) is 98.5 Å². The van der Waals surface area contributed by atoms with Crippen LogP contribution >= 0.6 is 11.8 Å². The lowest BCUT2D eigenvalue weighted by molar-refractivity contribution is -0.268. The highest BCUT2D eigenvalue weighted by molar-refractivity contribution is 7.99. The lowest BCUT2D eigenvalue weighted by Gasteiger charge is -2.41. The summed E-state index contributed by atoms with van der Waals surface area (Å²) in [5.74, 6) is 0.743. The van der Waals surface area contributed by atoms with Crippen LogP contribution in [-0.4, -0.2) is 37.6 Å². The normalized spacial score (nSPS) is 20.8. The molecule has 9 heteroatoms. The van der Waals surface area contributed by atoms with Crippen LogP contribution in [0.25, 0.3) is 11.1 Å². The van der Waals surface area contributed by atoms with E-state index in [1.807, 2.05) is 48.0 Å². The lowest BCUT2D eigenvalue weighted by atomic mass is 9.91. The fourth-order valence-electron chi connectivity index (χ4n) is 4.79.